The van der Waals surface area contributed by atoms with Gasteiger partial charge >= 0.3 is 5.97 Å². The van der Waals surface area contributed by atoms with Crippen molar-refractivity contribution in [2.24, 2.45) is 5.73 Å². The molecule has 2 aromatic rings. The molecule has 8 heteroatoms. The Balaban J connectivity index is 2.61. The Kier molecular flexibility index (Phi) is 6.94. The molecule has 5 N–H and O–H groups in total. The molecule has 0 bridgehead atoms. The van der Waals surface area contributed by atoms with Crippen LogP contribution in [-0.4, -0.2) is 23.5 Å². The number of rotatable bonds is 9. The van der Waals surface area contributed by atoms with Crippen molar-refractivity contribution in [3.05, 3.63) is 70.2 Å². The number of carboxylic acid groups (broad SMARTS) is 1. The number of carbonyl (C=O) groups is 1. The molecule has 0 aliphatic carbocycles. The van der Waals surface area contributed by atoms with Gasteiger partial charge in [-0.1, -0.05) is 42.8 Å². The summed E-state index contributed by atoms with van der Waals surface area (Å²) < 4.78 is 5.66. The highest BCUT2D eigenvalue weighted by atomic mass is 35.5. The van der Waals surface area contributed by atoms with Crippen LogP contribution in [0.1, 0.15) is 24.5 Å². The monoisotopic (exact) mass is 421 g/mol. The second kappa shape index (κ2) is 8.99. The molecule has 0 amide bonds. The standard InChI is InChI=1S/C20H21Cl2N3O3/c1-3-9-28-17-15(10-13(21)11-16(17)22)20(4-2,19(26)27)25-14-7-5-12(6-8-14)18(23)24/h3,5-8,10-11,25H,1,4,9H2,2H3,(H3,23,24)(H,26,27). The molecule has 28 heavy (non-hydrogen) atoms. The summed E-state index contributed by atoms with van der Waals surface area (Å²) in [7, 11) is 0. The highest BCUT2D eigenvalue weighted by Crippen LogP contribution is 2.42. The lowest BCUT2D eigenvalue weighted by molar-refractivity contribution is -0.142. The molecule has 2 aromatic carbocycles. The van der Waals surface area contributed by atoms with E-state index in [9.17, 15) is 9.90 Å². The summed E-state index contributed by atoms with van der Waals surface area (Å²) in [5, 5.41) is 21.2. The van der Waals surface area contributed by atoms with Crippen LogP contribution in [0.5, 0.6) is 5.75 Å². The van der Waals surface area contributed by atoms with Crippen LogP contribution in [0.3, 0.4) is 0 Å². The summed E-state index contributed by atoms with van der Waals surface area (Å²) in [5.74, 6) is -0.969. The minimum atomic E-state index is -1.55. The van der Waals surface area contributed by atoms with Crippen LogP contribution in [0, 0.1) is 5.41 Å². The van der Waals surface area contributed by atoms with E-state index in [-0.39, 0.29) is 29.6 Å². The third-order valence-corrected chi connectivity index (χ3v) is 4.76. The fourth-order valence-electron chi connectivity index (χ4n) is 2.81. The molecule has 1 atom stereocenters. The van der Waals surface area contributed by atoms with Gasteiger partial charge in [-0.15, -0.1) is 0 Å². The average Bonchev–Trinajstić information content (AvgIpc) is 2.65. The van der Waals surface area contributed by atoms with Crippen molar-refractivity contribution < 1.29 is 14.6 Å². The number of hydrogen-bond donors (Lipinski definition) is 4. The van der Waals surface area contributed by atoms with Crippen molar-refractivity contribution >= 4 is 40.7 Å². The van der Waals surface area contributed by atoms with Crippen LogP contribution in [-0.2, 0) is 10.3 Å². The van der Waals surface area contributed by atoms with Gasteiger partial charge in [-0.2, -0.15) is 0 Å². The van der Waals surface area contributed by atoms with Gasteiger partial charge in [0.05, 0.1) is 5.02 Å². The van der Waals surface area contributed by atoms with Crippen LogP contribution < -0.4 is 15.8 Å². The van der Waals surface area contributed by atoms with Crippen LogP contribution >= 0.6 is 23.2 Å². The predicted octanol–water partition coefficient (Wildman–Crippen LogP) is 4.64. The Bertz CT molecular complexity index is 900. The zero-order valence-electron chi connectivity index (χ0n) is 15.3. The maximum atomic E-state index is 12.4. The van der Waals surface area contributed by atoms with Gasteiger partial charge in [-0.3, -0.25) is 5.41 Å². The first-order valence-corrected chi connectivity index (χ1v) is 9.20. The Morgan fingerprint density at radius 1 is 1.36 bits per heavy atom. The number of nitrogen functional groups attached to an aromatic ring is 1. The summed E-state index contributed by atoms with van der Waals surface area (Å²) in [4.78, 5) is 12.4. The molecular weight excluding hydrogens is 401 g/mol. The quantitative estimate of drug-likeness (QED) is 0.267. The van der Waals surface area contributed by atoms with Crippen molar-refractivity contribution in [2.75, 3.05) is 11.9 Å². The lowest BCUT2D eigenvalue weighted by Crippen LogP contribution is -2.43. The lowest BCUT2D eigenvalue weighted by Gasteiger charge is -2.33. The SMILES string of the molecule is C=CCOc1c(Cl)cc(Cl)cc1C(CC)(Nc1ccc(C(=N)N)cc1)C(=O)O. The molecule has 0 aliphatic heterocycles. The second-order valence-electron chi connectivity index (χ2n) is 6.04. The summed E-state index contributed by atoms with van der Waals surface area (Å²) >= 11 is 12.5. The number of ether oxygens (including phenoxy) is 1. The largest absolute Gasteiger partial charge is 0.488 e. The van der Waals surface area contributed by atoms with Gasteiger partial charge < -0.3 is 20.9 Å². The van der Waals surface area contributed by atoms with E-state index in [0.717, 1.165) is 0 Å². The molecule has 0 saturated heterocycles. The molecular formula is C20H21Cl2N3O3. The third kappa shape index (κ3) is 4.40. The number of aliphatic carboxylic acids is 1. The second-order valence-corrected chi connectivity index (χ2v) is 6.89. The predicted molar refractivity (Wildman–Crippen MR) is 113 cm³/mol. The number of anilines is 1. The lowest BCUT2D eigenvalue weighted by atomic mass is 9.86. The van der Waals surface area contributed by atoms with E-state index in [2.05, 4.69) is 11.9 Å². The molecule has 1 unspecified atom stereocenters. The van der Waals surface area contributed by atoms with Crippen LogP contribution in [0.2, 0.25) is 10.0 Å². The molecule has 0 spiro atoms. The van der Waals surface area contributed by atoms with Crippen LogP contribution in [0.15, 0.2) is 49.1 Å². The summed E-state index contributed by atoms with van der Waals surface area (Å²) in [5.41, 5.74) is 5.28. The molecule has 0 fully saturated rings. The van der Waals surface area contributed by atoms with Gasteiger partial charge in [0, 0.05) is 21.8 Å². The Morgan fingerprint density at radius 2 is 2.00 bits per heavy atom. The maximum absolute atomic E-state index is 12.4. The van der Waals surface area contributed by atoms with Gasteiger partial charge in [-0.25, -0.2) is 4.79 Å². The van der Waals surface area contributed by atoms with E-state index in [1.54, 1.807) is 31.2 Å². The first kappa shape index (κ1) is 21.6. The Morgan fingerprint density at radius 3 is 2.50 bits per heavy atom. The van der Waals surface area contributed by atoms with E-state index in [1.807, 2.05) is 0 Å². The fraction of sp³-hybridized carbons (Fsp3) is 0.200. The van der Waals surface area contributed by atoms with E-state index in [0.29, 0.717) is 21.8 Å². The van der Waals surface area contributed by atoms with Gasteiger partial charge in [0.25, 0.3) is 0 Å². The summed E-state index contributed by atoms with van der Waals surface area (Å²) in [6.45, 7) is 5.49. The summed E-state index contributed by atoms with van der Waals surface area (Å²) in [6, 6.07) is 9.59. The zero-order valence-corrected chi connectivity index (χ0v) is 16.8. The number of nitrogens with two attached hydrogens (primary N) is 1. The van der Waals surface area contributed by atoms with Crippen LogP contribution in [0.25, 0.3) is 0 Å². The highest BCUT2D eigenvalue weighted by molar-refractivity contribution is 6.35. The van der Waals surface area contributed by atoms with Crippen molar-refractivity contribution in [1.29, 1.82) is 5.41 Å². The molecule has 0 saturated carbocycles. The zero-order chi connectivity index (χ0) is 20.9. The first-order valence-electron chi connectivity index (χ1n) is 8.44. The Hall–Kier alpha value is -2.70. The van der Waals surface area contributed by atoms with E-state index >= 15 is 0 Å². The van der Waals surface area contributed by atoms with Crippen molar-refractivity contribution in [1.82, 2.24) is 0 Å². The van der Waals surface area contributed by atoms with Gasteiger partial charge in [0.2, 0.25) is 0 Å². The minimum Gasteiger partial charge on any atom is -0.488 e. The van der Waals surface area contributed by atoms with Crippen molar-refractivity contribution in [2.45, 2.75) is 18.9 Å². The molecule has 2 rings (SSSR count). The number of halogens is 2. The van der Waals surface area contributed by atoms with Gasteiger partial charge in [0.15, 0.2) is 5.54 Å². The summed E-state index contributed by atoms with van der Waals surface area (Å²) in [6.07, 6.45) is 1.72. The number of amidine groups is 1. The van der Waals surface area contributed by atoms with Crippen molar-refractivity contribution in [3.8, 4) is 5.75 Å². The normalized spacial score (nSPS) is 12.7. The average molecular weight is 422 g/mol. The van der Waals surface area contributed by atoms with Gasteiger partial charge in [-0.05, 0) is 42.8 Å². The molecule has 0 aromatic heterocycles. The molecule has 0 aliphatic rings. The Labute approximate surface area is 173 Å². The van der Waals surface area contributed by atoms with E-state index in [1.165, 1.54) is 18.2 Å². The van der Waals surface area contributed by atoms with Gasteiger partial charge in [0.1, 0.15) is 18.2 Å². The molecule has 148 valence electrons. The van der Waals surface area contributed by atoms with E-state index in [4.69, 9.17) is 39.1 Å². The molecule has 6 nitrogen and oxygen atoms in total. The smallest absolute Gasteiger partial charge is 0.334 e. The maximum Gasteiger partial charge on any atom is 0.334 e. The number of nitrogens with one attached hydrogen (secondary N) is 2. The first-order chi connectivity index (χ1) is 13.2. The third-order valence-electron chi connectivity index (χ3n) is 4.26. The number of benzene rings is 2. The molecule has 0 radical (unpaired) electrons. The number of carboxylic acids is 1. The topological polar surface area (TPSA) is 108 Å². The van der Waals surface area contributed by atoms with E-state index < -0.39 is 11.5 Å². The highest BCUT2D eigenvalue weighted by Gasteiger charge is 2.42. The fourth-order valence-corrected chi connectivity index (χ4v) is 3.36. The van der Waals surface area contributed by atoms with Crippen molar-refractivity contribution in [3.63, 3.8) is 0 Å². The minimum absolute atomic E-state index is 0.0757. The van der Waals surface area contributed by atoms with Crippen LogP contribution in [0.4, 0.5) is 5.69 Å². The number of hydrogen-bond acceptors (Lipinski definition) is 4. The molecule has 0 heterocycles.